The van der Waals surface area contributed by atoms with Crippen molar-refractivity contribution in [1.82, 2.24) is 4.98 Å². The van der Waals surface area contributed by atoms with E-state index in [-0.39, 0.29) is 0 Å². The van der Waals surface area contributed by atoms with Crippen molar-refractivity contribution in [2.75, 3.05) is 0 Å². The zero-order valence-corrected chi connectivity index (χ0v) is 7.47. The fraction of sp³-hybridized carbons (Fsp3) is 0.333. The summed E-state index contributed by atoms with van der Waals surface area (Å²) in [5.74, 6) is 6.22. The van der Waals surface area contributed by atoms with E-state index in [4.69, 9.17) is 16.0 Å². The molecule has 0 saturated carbocycles. The molecule has 1 heterocycles. The highest BCUT2D eigenvalue weighted by molar-refractivity contribution is 8.13. The van der Waals surface area contributed by atoms with Crippen molar-refractivity contribution < 1.29 is 4.42 Å². The highest BCUT2D eigenvalue weighted by Gasteiger charge is 2.00. The summed E-state index contributed by atoms with van der Waals surface area (Å²) in [5.41, 5.74) is 6.19. The van der Waals surface area contributed by atoms with Crippen molar-refractivity contribution in [2.24, 2.45) is 16.7 Å². The Bertz CT molecular complexity index is 283. The van der Waals surface area contributed by atoms with Gasteiger partial charge in [0, 0.05) is 12.7 Å². The maximum atomic E-state index is 5.36. The van der Waals surface area contributed by atoms with Crippen LogP contribution in [0.2, 0.25) is 0 Å². The van der Waals surface area contributed by atoms with Crippen molar-refractivity contribution in [1.29, 1.82) is 0 Å². The number of hydrogen-bond acceptors (Lipinski definition) is 5. The number of thioether (sulfide) groups is 1. The van der Waals surface area contributed by atoms with E-state index in [1.807, 2.05) is 0 Å². The van der Waals surface area contributed by atoms with Gasteiger partial charge in [0.1, 0.15) is 6.26 Å². The Balaban J connectivity index is 2.43. The van der Waals surface area contributed by atoms with Crippen LogP contribution >= 0.6 is 11.8 Å². The summed E-state index contributed by atoms with van der Waals surface area (Å²) in [6.45, 7) is 1.79. The summed E-state index contributed by atoms with van der Waals surface area (Å²) in [6.07, 6.45) is 1.59. The lowest BCUT2D eigenvalue weighted by Crippen LogP contribution is -2.09. The second kappa shape index (κ2) is 4.01. The first-order chi connectivity index (χ1) is 5.72. The van der Waals surface area contributed by atoms with E-state index >= 15 is 0 Å². The van der Waals surface area contributed by atoms with Crippen LogP contribution in [0.15, 0.2) is 15.8 Å². The van der Waals surface area contributed by atoms with Crippen molar-refractivity contribution in [3.8, 4) is 0 Å². The molecule has 6 heteroatoms. The maximum Gasteiger partial charge on any atom is 0.191 e. The zero-order valence-electron chi connectivity index (χ0n) is 6.65. The number of oxazole rings is 1. The molecule has 12 heavy (non-hydrogen) atoms. The van der Waals surface area contributed by atoms with Crippen molar-refractivity contribution in [2.45, 2.75) is 12.7 Å². The molecule has 0 unspecified atom stereocenters. The first-order valence-corrected chi connectivity index (χ1v) is 4.28. The number of aromatic nitrogens is 1. The molecule has 0 saturated heterocycles. The van der Waals surface area contributed by atoms with Gasteiger partial charge in [-0.3, -0.25) is 0 Å². The lowest BCUT2D eigenvalue weighted by Gasteiger charge is -1.93. The zero-order chi connectivity index (χ0) is 8.97. The van der Waals surface area contributed by atoms with Crippen molar-refractivity contribution in [3.05, 3.63) is 17.8 Å². The third kappa shape index (κ3) is 2.46. The minimum absolute atomic E-state index is 0.343. The van der Waals surface area contributed by atoms with Gasteiger partial charge in [0.2, 0.25) is 0 Å². The van der Waals surface area contributed by atoms with Crippen LogP contribution in [0.1, 0.15) is 11.6 Å². The first kappa shape index (κ1) is 8.92. The molecule has 0 amide bonds. The predicted molar refractivity (Wildman–Crippen MR) is 48.3 cm³/mol. The van der Waals surface area contributed by atoms with Crippen molar-refractivity contribution >= 4 is 16.9 Å². The van der Waals surface area contributed by atoms with Gasteiger partial charge in [0.25, 0.3) is 0 Å². The molecule has 1 rings (SSSR count). The average molecular weight is 186 g/mol. The van der Waals surface area contributed by atoms with E-state index in [1.54, 1.807) is 13.2 Å². The molecule has 0 bridgehead atoms. The first-order valence-electron chi connectivity index (χ1n) is 3.29. The predicted octanol–water partition coefficient (Wildman–Crippen LogP) is 0.405. The minimum atomic E-state index is 0.343. The van der Waals surface area contributed by atoms with Crippen molar-refractivity contribution in [3.63, 3.8) is 0 Å². The molecule has 0 aliphatic heterocycles. The van der Waals surface area contributed by atoms with E-state index in [2.05, 4.69) is 10.1 Å². The molecule has 0 spiro atoms. The second-order valence-electron chi connectivity index (χ2n) is 2.11. The lowest BCUT2D eigenvalue weighted by molar-refractivity contribution is 0.521. The fourth-order valence-corrected chi connectivity index (χ4v) is 1.16. The topological polar surface area (TPSA) is 90.4 Å². The molecule has 0 aliphatic rings. The highest BCUT2D eigenvalue weighted by atomic mass is 32.2. The standard InChI is InChI=1S/C6H10N4OS/c1-4-9-5(2-11-4)3-12-6(7)10-8/h2H,3,8H2,1H3,(H2,7,10). The van der Waals surface area contributed by atoms with Crippen LogP contribution in [-0.2, 0) is 5.75 Å². The van der Waals surface area contributed by atoms with Gasteiger partial charge in [-0.1, -0.05) is 11.8 Å². The van der Waals surface area contributed by atoms with E-state index in [9.17, 15) is 0 Å². The smallest absolute Gasteiger partial charge is 0.191 e. The Morgan fingerprint density at radius 2 is 2.58 bits per heavy atom. The molecule has 5 nitrogen and oxygen atoms in total. The molecule has 0 aliphatic carbocycles. The van der Waals surface area contributed by atoms with Gasteiger partial charge in [-0.05, 0) is 0 Å². The molecule has 1 aromatic rings. The number of nitrogens with zero attached hydrogens (tertiary/aromatic N) is 2. The SMILES string of the molecule is Cc1nc(CS/C(N)=N/N)co1. The molecule has 66 valence electrons. The lowest BCUT2D eigenvalue weighted by atomic mass is 10.6. The molecule has 0 radical (unpaired) electrons. The van der Waals surface area contributed by atoms with Gasteiger partial charge in [0.15, 0.2) is 11.1 Å². The van der Waals surface area contributed by atoms with Gasteiger partial charge in [-0.2, -0.15) is 5.10 Å². The second-order valence-corrected chi connectivity index (χ2v) is 3.11. The van der Waals surface area contributed by atoms with Crippen LogP contribution in [0, 0.1) is 6.92 Å². The summed E-state index contributed by atoms with van der Waals surface area (Å²) in [4.78, 5) is 4.08. The molecule has 0 aromatic carbocycles. The summed E-state index contributed by atoms with van der Waals surface area (Å²) < 4.78 is 4.99. The third-order valence-corrected chi connectivity index (χ3v) is 2.00. The Labute approximate surface area is 74.2 Å². The third-order valence-electron chi connectivity index (χ3n) is 1.16. The minimum Gasteiger partial charge on any atom is -0.449 e. The Kier molecular flexibility index (Phi) is 2.98. The normalized spacial score (nSPS) is 11.9. The molecule has 0 fully saturated rings. The van der Waals surface area contributed by atoms with E-state index in [0.29, 0.717) is 16.8 Å². The van der Waals surface area contributed by atoms with Crippen LogP contribution in [0.25, 0.3) is 0 Å². The number of hydrogen-bond donors (Lipinski definition) is 2. The average Bonchev–Trinajstić information content (AvgIpc) is 2.47. The number of hydrazone groups is 1. The summed E-state index contributed by atoms with van der Waals surface area (Å²) in [6, 6.07) is 0. The molecular formula is C6H10N4OS. The molecule has 1 aromatic heterocycles. The fourth-order valence-electron chi connectivity index (χ4n) is 0.660. The van der Waals surface area contributed by atoms with Crippen LogP contribution in [0.5, 0.6) is 0 Å². The molecular weight excluding hydrogens is 176 g/mol. The number of aryl methyl sites for hydroxylation is 1. The van der Waals surface area contributed by atoms with E-state index in [0.717, 1.165) is 5.69 Å². The number of amidine groups is 1. The van der Waals surface area contributed by atoms with Crippen LogP contribution in [0.3, 0.4) is 0 Å². The van der Waals surface area contributed by atoms with E-state index in [1.165, 1.54) is 11.8 Å². The van der Waals surface area contributed by atoms with Gasteiger partial charge in [-0.25, -0.2) is 4.98 Å². The van der Waals surface area contributed by atoms with Gasteiger partial charge >= 0.3 is 0 Å². The summed E-state index contributed by atoms with van der Waals surface area (Å²) in [7, 11) is 0. The summed E-state index contributed by atoms with van der Waals surface area (Å²) in [5, 5.41) is 3.65. The van der Waals surface area contributed by atoms with Crippen LogP contribution in [-0.4, -0.2) is 10.2 Å². The van der Waals surface area contributed by atoms with Crippen LogP contribution in [0.4, 0.5) is 0 Å². The number of rotatable bonds is 2. The molecule has 4 N–H and O–H groups in total. The Hall–Kier alpha value is -1.17. The maximum absolute atomic E-state index is 5.36. The Morgan fingerprint density at radius 1 is 1.83 bits per heavy atom. The largest absolute Gasteiger partial charge is 0.449 e. The number of nitrogens with two attached hydrogens (primary N) is 2. The molecule has 0 atom stereocenters. The van der Waals surface area contributed by atoms with Gasteiger partial charge < -0.3 is 16.0 Å². The van der Waals surface area contributed by atoms with Crippen LogP contribution < -0.4 is 11.6 Å². The highest BCUT2D eigenvalue weighted by Crippen LogP contribution is 2.10. The monoisotopic (exact) mass is 186 g/mol. The van der Waals surface area contributed by atoms with Gasteiger partial charge in [-0.15, -0.1) is 0 Å². The summed E-state index contributed by atoms with van der Waals surface area (Å²) >= 11 is 1.32. The van der Waals surface area contributed by atoms with E-state index < -0.39 is 0 Å². The van der Waals surface area contributed by atoms with Gasteiger partial charge in [0.05, 0.1) is 5.69 Å². The Morgan fingerprint density at radius 3 is 3.08 bits per heavy atom. The quantitative estimate of drug-likeness (QED) is 0.302.